The number of aryl methyl sites for hydroxylation is 2. The van der Waals surface area contributed by atoms with Gasteiger partial charge in [-0.1, -0.05) is 6.07 Å². The Labute approximate surface area is 216 Å². The molecule has 0 spiro atoms. The van der Waals surface area contributed by atoms with Crippen molar-refractivity contribution in [2.75, 3.05) is 91.1 Å². The number of guanidine groups is 1. The molecule has 2 heterocycles. The first-order valence-electron chi connectivity index (χ1n) is 11.8. The Bertz CT molecular complexity index is 774. The van der Waals surface area contributed by atoms with Crippen LogP contribution in [0.1, 0.15) is 17.5 Å². The molecule has 9 heteroatoms. The highest BCUT2D eigenvalue weighted by Gasteiger charge is 2.21. The zero-order valence-electron chi connectivity index (χ0n) is 20.7. The Morgan fingerprint density at radius 1 is 1.06 bits per heavy atom. The molecule has 1 amide bonds. The van der Waals surface area contributed by atoms with Crippen LogP contribution in [-0.4, -0.2) is 113 Å². The van der Waals surface area contributed by atoms with Crippen LogP contribution in [0.15, 0.2) is 23.2 Å². The minimum absolute atomic E-state index is 0. The topological polar surface area (TPSA) is 63.7 Å². The minimum atomic E-state index is 0. The summed E-state index contributed by atoms with van der Waals surface area (Å²) in [5.74, 6) is 0.869. The van der Waals surface area contributed by atoms with Crippen LogP contribution < -0.4 is 10.2 Å². The molecule has 0 unspecified atom stereocenters. The number of carbonyl (C=O) groups is 1. The number of carbonyl (C=O) groups excluding carboxylic acids is 1. The monoisotopic (exact) mass is 572 g/mol. The highest BCUT2D eigenvalue weighted by molar-refractivity contribution is 14.0. The highest BCUT2D eigenvalue weighted by atomic mass is 127. The number of hydrogen-bond donors (Lipinski definition) is 1. The second kappa shape index (κ2) is 14.0. The number of aliphatic imine (C=N–C) groups is 1. The molecule has 2 saturated heterocycles. The van der Waals surface area contributed by atoms with Crippen LogP contribution in [0, 0.1) is 13.8 Å². The Morgan fingerprint density at radius 2 is 1.76 bits per heavy atom. The van der Waals surface area contributed by atoms with E-state index in [1.165, 1.54) is 16.8 Å². The molecule has 2 fully saturated rings. The molecule has 0 saturated carbocycles. The average molecular weight is 573 g/mol. The standard InChI is InChI=1S/C24H40N6O2.HI/c1-20-6-7-22(18-21(20)2)29-10-12-30(13-11-29)24(26-19-23(31)27(3)4)25-8-5-9-28-14-16-32-17-15-28;/h6-7,18H,5,8-17,19H2,1-4H3,(H,25,26);1H. The van der Waals surface area contributed by atoms with Crippen LogP contribution in [0.3, 0.4) is 0 Å². The number of ether oxygens (including phenoxy) is 1. The molecule has 2 aliphatic rings. The van der Waals surface area contributed by atoms with Crippen LogP contribution in [-0.2, 0) is 9.53 Å². The van der Waals surface area contributed by atoms with Gasteiger partial charge < -0.3 is 24.8 Å². The summed E-state index contributed by atoms with van der Waals surface area (Å²) >= 11 is 0. The van der Waals surface area contributed by atoms with Crippen LogP contribution in [0.25, 0.3) is 0 Å². The maximum atomic E-state index is 12.1. The first-order chi connectivity index (χ1) is 15.4. The van der Waals surface area contributed by atoms with E-state index in [-0.39, 0.29) is 36.4 Å². The molecule has 1 N–H and O–H groups in total. The highest BCUT2D eigenvalue weighted by Crippen LogP contribution is 2.20. The lowest BCUT2D eigenvalue weighted by molar-refractivity contribution is -0.127. The van der Waals surface area contributed by atoms with Crippen molar-refractivity contribution < 1.29 is 9.53 Å². The lowest BCUT2D eigenvalue weighted by atomic mass is 10.1. The molecular formula is C24H41IN6O2. The summed E-state index contributed by atoms with van der Waals surface area (Å²) in [5, 5.41) is 3.52. The summed E-state index contributed by atoms with van der Waals surface area (Å²) in [6.45, 7) is 13.8. The largest absolute Gasteiger partial charge is 0.379 e. The number of morpholine rings is 1. The van der Waals surface area contributed by atoms with E-state index in [0.29, 0.717) is 0 Å². The predicted molar refractivity (Wildman–Crippen MR) is 146 cm³/mol. The van der Waals surface area contributed by atoms with E-state index in [1.54, 1.807) is 19.0 Å². The van der Waals surface area contributed by atoms with E-state index >= 15 is 0 Å². The molecule has 0 atom stereocenters. The summed E-state index contributed by atoms with van der Waals surface area (Å²) in [7, 11) is 3.55. The van der Waals surface area contributed by atoms with E-state index < -0.39 is 0 Å². The fourth-order valence-electron chi connectivity index (χ4n) is 3.98. The molecule has 0 bridgehead atoms. The van der Waals surface area contributed by atoms with Gasteiger partial charge in [-0.25, -0.2) is 4.99 Å². The van der Waals surface area contributed by atoms with Crippen LogP contribution in [0.5, 0.6) is 0 Å². The summed E-state index contributed by atoms with van der Waals surface area (Å²) in [5.41, 5.74) is 3.94. The second-order valence-electron chi connectivity index (χ2n) is 8.91. The van der Waals surface area contributed by atoms with Gasteiger partial charge in [0, 0.05) is 65.6 Å². The number of benzene rings is 1. The van der Waals surface area contributed by atoms with Crippen molar-refractivity contribution in [2.24, 2.45) is 4.99 Å². The number of anilines is 1. The van der Waals surface area contributed by atoms with E-state index in [4.69, 9.17) is 4.74 Å². The van der Waals surface area contributed by atoms with Crippen molar-refractivity contribution in [3.63, 3.8) is 0 Å². The van der Waals surface area contributed by atoms with E-state index in [0.717, 1.165) is 78.0 Å². The number of nitrogens with zero attached hydrogens (tertiary/aromatic N) is 5. The third kappa shape index (κ3) is 8.60. The summed E-state index contributed by atoms with van der Waals surface area (Å²) < 4.78 is 5.43. The second-order valence-corrected chi connectivity index (χ2v) is 8.91. The molecule has 1 aromatic carbocycles. The fraction of sp³-hybridized carbons (Fsp3) is 0.667. The van der Waals surface area contributed by atoms with Crippen molar-refractivity contribution in [3.8, 4) is 0 Å². The average Bonchev–Trinajstić information content (AvgIpc) is 2.81. The predicted octanol–water partition coefficient (Wildman–Crippen LogP) is 1.80. The van der Waals surface area contributed by atoms with Gasteiger partial charge in [0.25, 0.3) is 0 Å². The molecular weight excluding hydrogens is 531 g/mol. The zero-order valence-corrected chi connectivity index (χ0v) is 23.0. The Morgan fingerprint density at radius 3 is 2.39 bits per heavy atom. The van der Waals surface area contributed by atoms with Crippen LogP contribution in [0.4, 0.5) is 5.69 Å². The first-order valence-corrected chi connectivity index (χ1v) is 11.8. The third-order valence-corrected chi connectivity index (χ3v) is 6.34. The molecule has 0 aromatic heterocycles. The normalized spacial score (nSPS) is 17.5. The van der Waals surface area contributed by atoms with Gasteiger partial charge in [0.05, 0.1) is 13.2 Å². The lowest BCUT2D eigenvalue weighted by Gasteiger charge is -2.38. The number of piperazine rings is 1. The van der Waals surface area contributed by atoms with Crippen molar-refractivity contribution >= 4 is 41.5 Å². The molecule has 2 aliphatic heterocycles. The summed E-state index contributed by atoms with van der Waals surface area (Å²) in [6, 6.07) is 6.69. The Hall–Kier alpha value is -1.59. The van der Waals surface area contributed by atoms with Crippen molar-refractivity contribution in [1.82, 2.24) is 20.0 Å². The lowest BCUT2D eigenvalue weighted by Crippen LogP contribution is -2.53. The van der Waals surface area contributed by atoms with Gasteiger partial charge in [-0.05, 0) is 50.1 Å². The number of nitrogens with one attached hydrogen (secondary N) is 1. The van der Waals surface area contributed by atoms with Gasteiger partial charge in [0.1, 0.15) is 6.54 Å². The number of rotatable bonds is 7. The number of amides is 1. The smallest absolute Gasteiger partial charge is 0.243 e. The van der Waals surface area contributed by atoms with Gasteiger partial charge in [0.2, 0.25) is 5.91 Å². The summed E-state index contributed by atoms with van der Waals surface area (Å²) in [6.07, 6.45) is 1.04. The van der Waals surface area contributed by atoms with Gasteiger partial charge in [-0.2, -0.15) is 0 Å². The fourth-order valence-corrected chi connectivity index (χ4v) is 3.98. The van der Waals surface area contributed by atoms with Crippen molar-refractivity contribution in [1.29, 1.82) is 0 Å². The molecule has 8 nitrogen and oxygen atoms in total. The SMILES string of the molecule is Cc1ccc(N2CCN(C(=NCC(=O)N(C)C)NCCCN3CCOCC3)CC2)cc1C.I. The third-order valence-electron chi connectivity index (χ3n) is 6.34. The maximum Gasteiger partial charge on any atom is 0.243 e. The Balaban J connectivity index is 0.00000385. The number of halogens is 1. The van der Waals surface area contributed by atoms with Crippen LogP contribution in [0.2, 0.25) is 0 Å². The van der Waals surface area contributed by atoms with Gasteiger partial charge in [0.15, 0.2) is 5.96 Å². The van der Waals surface area contributed by atoms with Gasteiger partial charge in [-0.3, -0.25) is 9.69 Å². The van der Waals surface area contributed by atoms with E-state index in [1.807, 2.05) is 0 Å². The minimum Gasteiger partial charge on any atom is -0.379 e. The zero-order chi connectivity index (χ0) is 22.9. The molecule has 1 aromatic rings. The number of hydrogen-bond acceptors (Lipinski definition) is 5. The van der Waals surface area contributed by atoms with E-state index in [9.17, 15) is 4.79 Å². The van der Waals surface area contributed by atoms with E-state index in [2.05, 4.69) is 57.1 Å². The van der Waals surface area contributed by atoms with Gasteiger partial charge >= 0.3 is 0 Å². The molecule has 186 valence electrons. The van der Waals surface area contributed by atoms with Crippen molar-refractivity contribution in [2.45, 2.75) is 20.3 Å². The molecule has 33 heavy (non-hydrogen) atoms. The first kappa shape index (κ1) is 27.7. The van der Waals surface area contributed by atoms with Gasteiger partial charge in [-0.15, -0.1) is 24.0 Å². The number of likely N-dealkylation sites (N-methyl/N-ethyl adjacent to an activating group) is 1. The molecule has 3 rings (SSSR count). The Kier molecular flexibility index (Phi) is 11.7. The van der Waals surface area contributed by atoms with Crippen molar-refractivity contribution in [3.05, 3.63) is 29.3 Å². The molecule has 0 radical (unpaired) electrons. The molecule has 0 aliphatic carbocycles. The summed E-state index contributed by atoms with van der Waals surface area (Å²) in [4.78, 5) is 25.5. The van der Waals surface area contributed by atoms with Crippen LogP contribution >= 0.6 is 24.0 Å². The maximum absolute atomic E-state index is 12.1. The quantitative estimate of drug-likeness (QED) is 0.233.